The van der Waals surface area contributed by atoms with Crippen molar-refractivity contribution < 1.29 is 13.2 Å². The molecule has 1 fully saturated rings. The van der Waals surface area contributed by atoms with E-state index in [1.165, 1.54) is 29.9 Å². The highest BCUT2D eigenvalue weighted by atomic mass is 19.4. The molecule has 5 rings (SSSR count). The van der Waals surface area contributed by atoms with E-state index in [-0.39, 0.29) is 16.9 Å². The monoisotopic (exact) mass is 492 g/mol. The molecule has 2 aromatic carbocycles. The first-order chi connectivity index (χ1) is 17.2. The van der Waals surface area contributed by atoms with Gasteiger partial charge in [-0.1, -0.05) is 18.2 Å². The minimum Gasteiger partial charge on any atom is -0.312 e. The van der Waals surface area contributed by atoms with E-state index in [1.807, 2.05) is 0 Å². The second kappa shape index (κ2) is 8.66. The Morgan fingerprint density at radius 1 is 1.06 bits per heavy atom. The lowest BCUT2D eigenvalue weighted by molar-refractivity contribution is -0.137. The molecule has 0 bridgehead atoms. The summed E-state index contributed by atoms with van der Waals surface area (Å²) in [5.41, 5.74) is -0.446. The van der Waals surface area contributed by atoms with Crippen molar-refractivity contribution in [2.75, 3.05) is 13.1 Å². The predicted octanol–water partition coefficient (Wildman–Crippen LogP) is 3.87. The third kappa shape index (κ3) is 3.81. The van der Waals surface area contributed by atoms with E-state index in [4.69, 9.17) is 6.57 Å². The summed E-state index contributed by atoms with van der Waals surface area (Å²) >= 11 is 0. The molecule has 8 nitrogen and oxygen atoms in total. The van der Waals surface area contributed by atoms with E-state index >= 15 is 0 Å². The van der Waals surface area contributed by atoms with E-state index in [9.17, 15) is 22.8 Å². The van der Waals surface area contributed by atoms with Crippen LogP contribution in [-0.4, -0.2) is 32.0 Å². The standard InChI is InChI=1S/C25H19F3N6O2/c1-15-22(21-10-11-31-34(21)18-8-6-17(29-2)7-9-18)23(35)33(20-13-30-14-20)24(36)32(15)19-5-3-4-16(12-19)25(26,27)28/h3-12,20,30H,13-14H2,1H3. The third-order valence-electron chi connectivity index (χ3n) is 6.21. The average molecular weight is 492 g/mol. The molecule has 4 aromatic rings. The van der Waals surface area contributed by atoms with Gasteiger partial charge in [0.2, 0.25) is 0 Å². The molecule has 0 radical (unpaired) electrons. The van der Waals surface area contributed by atoms with Crippen LogP contribution in [-0.2, 0) is 6.18 Å². The van der Waals surface area contributed by atoms with Gasteiger partial charge in [0.15, 0.2) is 5.69 Å². The summed E-state index contributed by atoms with van der Waals surface area (Å²) in [7, 11) is 0. The average Bonchev–Trinajstić information content (AvgIpc) is 3.29. The molecule has 0 spiro atoms. The molecule has 1 N–H and O–H groups in total. The quantitative estimate of drug-likeness (QED) is 0.439. The molecule has 1 aliphatic rings. The Kier molecular flexibility index (Phi) is 5.61. The SMILES string of the molecule is [C-]#[N+]c1ccc(-n2nccc2-c2c(C)n(-c3cccc(C(F)(F)F)c3)c(=O)n(C3CNC3)c2=O)cc1. The number of nitrogens with zero attached hydrogens (tertiary/aromatic N) is 5. The Labute approximate surface area is 202 Å². The van der Waals surface area contributed by atoms with E-state index in [0.29, 0.717) is 30.2 Å². The summed E-state index contributed by atoms with van der Waals surface area (Å²) in [6.45, 7) is 9.44. The van der Waals surface area contributed by atoms with Crippen molar-refractivity contribution in [2.24, 2.45) is 0 Å². The fourth-order valence-corrected chi connectivity index (χ4v) is 4.29. The lowest BCUT2D eigenvalue weighted by atomic mass is 10.1. The maximum Gasteiger partial charge on any atom is 0.416 e. The van der Waals surface area contributed by atoms with Gasteiger partial charge in [-0.05, 0) is 43.3 Å². The van der Waals surface area contributed by atoms with Crippen molar-refractivity contribution in [3.8, 4) is 22.6 Å². The molecule has 2 aromatic heterocycles. The second-order valence-electron chi connectivity index (χ2n) is 8.37. The van der Waals surface area contributed by atoms with Gasteiger partial charge < -0.3 is 5.32 Å². The van der Waals surface area contributed by atoms with Crippen LogP contribution in [0.2, 0.25) is 0 Å². The number of nitrogens with one attached hydrogen (secondary N) is 1. The number of benzene rings is 2. The normalized spacial score (nSPS) is 13.9. The van der Waals surface area contributed by atoms with Crippen LogP contribution in [0, 0.1) is 13.5 Å². The minimum absolute atomic E-state index is 0.00193. The van der Waals surface area contributed by atoms with E-state index in [1.54, 1.807) is 30.3 Å². The molecule has 0 amide bonds. The highest BCUT2D eigenvalue weighted by molar-refractivity contribution is 5.65. The van der Waals surface area contributed by atoms with Gasteiger partial charge in [-0.25, -0.2) is 14.3 Å². The topological polar surface area (TPSA) is 78.2 Å². The maximum atomic E-state index is 13.7. The van der Waals surface area contributed by atoms with Crippen molar-refractivity contribution in [1.82, 2.24) is 24.2 Å². The Bertz CT molecular complexity index is 1620. The smallest absolute Gasteiger partial charge is 0.312 e. The number of hydrogen-bond donors (Lipinski definition) is 1. The van der Waals surface area contributed by atoms with Gasteiger partial charge in [0.1, 0.15) is 0 Å². The molecular weight excluding hydrogens is 473 g/mol. The molecule has 0 atom stereocenters. The number of halogens is 3. The highest BCUT2D eigenvalue weighted by Crippen LogP contribution is 2.31. The van der Waals surface area contributed by atoms with E-state index < -0.39 is 29.0 Å². The molecule has 182 valence electrons. The fourth-order valence-electron chi connectivity index (χ4n) is 4.29. The van der Waals surface area contributed by atoms with Crippen molar-refractivity contribution in [1.29, 1.82) is 0 Å². The Balaban J connectivity index is 1.79. The summed E-state index contributed by atoms with van der Waals surface area (Å²) in [5.74, 6) is 0. The van der Waals surface area contributed by atoms with Crippen molar-refractivity contribution in [3.05, 3.63) is 104 Å². The van der Waals surface area contributed by atoms with Crippen LogP contribution in [0.25, 0.3) is 27.5 Å². The summed E-state index contributed by atoms with van der Waals surface area (Å²) in [6.07, 6.45) is -3.11. The largest absolute Gasteiger partial charge is 0.416 e. The number of hydrogen-bond acceptors (Lipinski definition) is 4. The molecule has 3 heterocycles. The van der Waals surface area contributed by atoms with Gasteiger partial charge >= 0.3 is 11.9 Å². The summed E-state index contributed by atoms with van der Waals surface area (Å²) in [4.78, 5) is 30.6. The molecule has 1 aliphatic heterocycles. The van der Waals surface area contributed by atoms with Crippen molar-refractivity contribution >= 4 is 5.69 Å². The van der Waals surface area contributed by atoms with Crippen LogP contribution < -0.4 is 16.6 Å². The first kappa shape index (κ1) is 23.3. The van der Waals surface area contributed by atoms with Gasteiger partial charge in [0.25, 0.3) is 5.56 Å². The van der Waals surface area contributed by atoms with Gasteiger partial charge in [0.05, 0.1) is 47.0 Å². The summed E-state index contributed by atoms with van der Waals surface area (Å²) in [6, 6.07) is 12.2. The predicted molar refractivity (Wildman–Crippen MR) is 127 cm³/mol. The zero-order valence-electron chi connectivity index (χ0n) is 19.0. The van der Waals surface area contributed by atoms with E-state index in [0.717, 1.165) is 21.3 Å². The Morgan fingerprint density at radius 3 is 2.39 bits per heavy atom. The first-order valence-corrected chi connectivity index (χ1v) is 11.0. The van der Waals surface area contributed by atoms with Crippen LogP contribution in [0.4, 0.5) is 18.9 Å². The fraction of sp³-hybridized carbons (Fsp3) is 0.200. The molecule has 0 unspecified atom stereocenters. The van der Waals surface area contributed by atoms with Gasteiger partial charge in [-0.15, -0.1) is 0 Å². The van der Waals surface area contributed by atoms with Crippen LogP contribution in [0.3, 0.4) is 0 Å². The van der Waals surface area contributed by atoms with Gasteiger partial charge in [-0.2, -0.15) is 18.3 Å². The molecule has 1 saturated heterocycles. The number of alkyl halides is 3. The van der Waals surface area contributed by atoms with Crippen LogP contribution in [0.15, 0.2) is 70.4 Å². The Morgan fingerprint density at radius 2 is 1.78 bits per heavy atom. The lowest BCUT2D eigenvalue weighted by Crippen LogP contribution is -2.54. The van der Waals surface area contributed by atoms with Crippen LogP contribution in [0.1, 0.15) is 17.3 Å². The number of rotatable bonds is 4. The molecule has 0 saturated carbocycles. The summed E-state index contributed by atoms with van der Waals surface area (Å²) < 4.78 is 44.0. The van der Waals surface area contributed by atoms with E-state index in [2.05, 4.69) is 15.3 Å². The minimum atomic E-state index is -4.60. The molecule has 0 aliphatic carbocycles. The Hall–Kier alpha value is -4.43. The van der Waals surface area contributed by atoms with Gasteiger partial charge in [0, 0.05) is 18.8 Å². The van der Waals surface area contributed by atoms with Crippen LogP contribution >= 0.6 is 0 Å². The van der Waals surface area contributed by atoms with Crippen LogP contribution in [0.5, 0.6) is 0 Å². The van der Waals surface area contributed by atoms with Crippen molar-refractivity contribution in [3.63, 3.8) is 0 Å². The molecular formula is C25H19F3N6O2. The van der Waals surface area contributed by atoms with Gasteiger partial charge in [-0.3, -0.25) is 13.9 Å². The third-order valence-corrected chi connectivity index (χ3v) is 6.21. The lowest BCUT2D eigenvalue weighted by Gasteiger charge is -2.30. The first-order valence-electron chi connectivity index (χ1n) is 11.0. The molecule has 36 heavy (non-hydrogen) atoms. The number of aromatic nitrogens is 4. The maximum absolute atomic E-state index is 13.7. The highest BCUT2D eigenvalue weighted by Gasteiger charge is 2.32. The summed E-state index contributed by atoms with van der Waals surface area (Å²) in [5, 5.41) is 7.34. The zero-order chi connectivity index (χ0) is 25.6. The molecule has 11 heteroatoms. The second-order valence-corrected chi connectivity index (χ2v) is 8.37. The zero-order valence-corrected chi connectivity index (χ0v) is 19.0. The van der Waals surface area contributed by atoms with Crippen molar-refractivity contribution in [2.45, 2.75) is 19.1 Å².